The molecule has 11 rings (SSSR count). The Kier molecular flexibility index (Phi) is 7.53. The zero-order chi connectivity index (χ0) is 37.0. The fraction of sp³-hybridized carbons (Fsp3) is 0. The molecule has 0 spiro atoms. The normalized spacial score (nSPS) is 11.6. The molecule has 0 N–H and O–H groups in total. The van der Waals surface area contributed by atoms with Crippen LogP contribution in [-0.4, -0.2) is 9.13 Å². The molecule has 0 saturated heterocycles. The molecule has 0 aliphatic carbocycles. The second kappa shape index (κ2) is 13.2. The highest BCUT2D eigenvalue weighted by molar-refractivity contribution is 6.13. The van der Waals surface area contributed by atoms with Crippen molar-refractivity contribution in [2.45, 2.75) is 0 Å². The van der Waals surface area contributed by atoms with Gasteiger partial charge in [-0.15, -0.1) is 0 Å². The minimum Gasteiger partial charge on any atom is -0.309 e. The molecular formula is C54H36N2. The summed E-state index contributed by atoms with van der Waals surface area (Å²) in [6.45, 7) is 0. The van der Waals surface area contributed by atoms with Crippen LogP contribution in [0.5, 0.6) is 0 Å². The summed E-state index contributed by atoms with van der Waals surface area (Å²) in [6, 6.07) is 79.4. The Hall–Kier alpha value is -7.42. The molecule has 0 amide bonds. The fourth-order valence-corrected chi connectivity index (χ4v) is 8.63. The molecule has 2 heterocycles. The van der Waals surface area contributed by atoms with Crippen LogP contribution in [-0.2, 0) is 0 Å². The Balaban J connectivity index is 1.10. The first-order chi connectivity index (χ1) is 27.8. The Morgan fingerprint density at radius 2 is 0.571 bits per heavy atom. The van der Waals surface area contributed by atoms with Gasteiger partial charge in [0.15, 0.2) is 0 Å². The van der Waals surface area contributed by atoms with Crippen molar-refractivity contribution in [3.05, 3.63) is 218 Å². The van der Waals surface area contributed by atoms with E-state index in [0.717, 1.165) is 11.4 Å². The molecule has 2 nitrogen and oxygen atoms in total. The van der Waals surface area contributed by atoms with Crippen LogP contribution >= 0.6 is 0 Å². The predicted molar refractivity (Wildman–Crippen MR) is 237 cm³/mol. The Morgan fingerprint density at radius 3 is 1.12 bits per heavy atom. The third kappa shape index (κ3) is 5.34. The largest absolute Gasteiger partial charge is 0.309 e. The molecule has 0 atom stereocenters. The highest BCUT2D eigenvalue weighted by Crippen LogP contribution is 2.40. The topological polar surface area (TPSA) is 9.86 Å². The maximum Gasteiger partial charge on any atom is 0.0547 e. The predicted octanol–water partition coefficient (Wildman–Crippen LogP) is 14.5. The first-order valence-corrected chi connectivity index (χ1v) is 19.3. The highest BCUT2D eigenvalue weighted by atomic mass is 15.0. The lowest BCUT2D eigenvalue weighted by Gasteiger charge is -2.12. The molecule has 56 heavy (non-hydrogen) atoms. The van der Waals surface area contributed by atoms with Gasteiger partial charge in [-0.05, 0) is 105 Å². The molecule has 2 aromatic heterocycles. The smallest absolute Gasteiger partial charge is 0.0547 e. The minimum atomic E-state index is 1.15. The first kappa shape index (κ1) is 32.0. The van der Waals surface area contributed by atoms with E-state index in [0.29, 0.717) is 0 Å². The summed E-state index contributed by atoms with van der Waals surface area (Å²) in [6.07, 6.45) is 0. The summed E-state index contributed by atoms with van der Waals surface area (Å²) < 4.78 is 4.85. The summed E-state index contributed by atoms with van der Waals surface area (Å²) >= 11 is 0. The molecule has 0 aliphatic rings. The van der Waals surface area contributed by atoms with Gasteiger partial charge in [-0.1, -0.05) is 158 Å². The van der Waals surface area contributed by atoms with Crippen LogP contribution in [0.2, 0.25) is 0 Å². The number of benzene rings is 9. The molecule has 0 unspecified atom stereocenters. The van der Waals surface area contributed by atoms with Crippen LogP contribution < -0.4 is 0 Å². The van der Waals surface area contributed by atoms with Gasteiger partial charge in [0.1, 0.15) is 0 Å². The summed E-state index contributed by atoms with van der Waals surface area (Å²) in [4.78, 5) is 0. The summed E-state index contributed by atoms with van der Waals surface area (Å²) in [5.74, 6) is 0. The lowest BCUT2D eigenvalue weighted by Crippen LogP contribution is -1.95. The van der Waals surface area contributed by atoms with Crippen molar-refractivity contribution < 1.29 is 0 Å². The molecule has 2 heteroatoms. The monoisotopic (exact) mass is 712 g/mol. The number of para-hydroxylation sites is 1. The van der Waals surface area contributed by atoms with Crippen molar-refractivity contribution in [2.24, 2.45) is 0 Å². The maximum absolute atomic E-state index is 2.44. The number of hydrogen-bond donors (Lipinski definition) is 0. The third-order valence-corrected chi connectivity index (χ3v) is 11.3. The fourth-order valence-electron chi connectivity index (χ4n) is 8.63. The van der Waals surface area contributed by atoms with E-state index in [1.165, 1.54) is 88.1 Å². The van der Waals surface area contributed by atoms with Gasteiger partial charge in [0.2, 0.25) is 0 Å². The second-order valence-electron chi connectivity index (χ2n) is 14.6. The van der Waals surface area contributed by atoms with E-state index >= 15 is 0 Å². The molecule has 0 aliphatic heterocycles. The summed E-state index contributed by atoms with van der Waals surface area (Å²) in [5.41, 5.74) is 16.7. The summed E-state index contributed by atoms with van der Waals surface area (Å²) in [5, 5.41) is 4.97. The lowest BCUT2D eigenvalue weighted by atomic mass is 10.00. The van der Waals surface area contributed by atoms with E-state index in [-0.39, 0.29) is 0 Å². The molecule has 0 fully saturated rings. The average Bonchev–Trinajstić information content (AvgIpc) is 3.79. The number of aromatic nitrogens is 2. The Labute approximate surface area is 325 Å². The quantitative estimate of drug-likeness (QED) is 0.162. The van der Waals surface area contributed by atoms with Gasteiger partial charge in [0.05, 0.1) is 22.1 Å². The van der Waals surface area contributed by atoms with Gasteiger partial charge in [-0.3, -0.25) is 0 Å². The van der Waals surface area contributed by atoms with Crippen LogP contribution in [0.3, 0.4) is 0 Å². The van der Waals surface area contributed by atoms with Crippen molar-refractivity contribution >= 4 is 43.6 Å². The van der Waals surface area contributed by atoms with E-state index < -0.39 is 0 Å². The number of rotatable bonds is 6. The Bertz CT molecular complexity index is 3220. The Morgan fingerprint density at radius 1 is 0.196 bits per heavy atom. The van der Waals surface area contributed by atoms with Crippen molar-refractivity contribution in [3.63, 3.8) is 0 Å². The van der Waals surface area contributed by atoms with Gasteiger partial charge in [-0.25, -0.2) is 0 Å². The van der Waals surface area contributed by atoms with Crippen LogP contribution in [0.15, 0.2) is 218 Å². The molecule has 11 aromatic rings. The average molecular weight is 713 g/mol. The molecule has 0 radical (unpaired) electrons. The molecular weight excluding hydrogens is 677 g/mol. The van der Waals surface area contributed by atoms with E-state index in [1.54, 1.807) is 0 Å². The third-order valence-electron chi connectivity index (χ3n) is 11.3. The lowest BCUT2D eigenvalue weighted by molar-refractivity contribution is 1.18. The van der Waals surface area contributed by atoms with Gasteiger partial charge in [0.25, 0.3) is 0 Å². The zero-order valence-corrected chi connectivity index (χ0v) is 30.7. The van der Waals surface area contributed by atoms with E-state index in [9.17, 15) is 0 Å². The SMILES string of the molecule is c1ccc(-c2cccc(-n3c4ccccc4c4cc(-c5ccc6c7cc(-c8ccccc8)ccc7n(-c7cccc(-c8ccccc8)c7)c6c5)ccc43)c2)cc1. The van der Waals surface area contributed by atoms with Crippen molar-refractivity contribution in [1.82, 2.24) is 9.13 Å². The van der Waals surface area contributed by atoms with E-state index in [2.05, 4.69) is 228 Å². The van der Waals surface area contributed by atoms with Crippen molar-refractivity contribution in [2.75, 3.05) is 0 Å². The molecule has 9 aromatic carbocycles. The highest BCUT2D eigenvalue weighted by Gasteiger charge is 2.17. The number of nitrogens with zero attached hydrogens (tertiary/aromatic N) is 2. The van der Waals surface area contributed by atoms with Crippen LogP contribution in [0, 0.1) is 0 Å². The van der Waals surface area contributed by atoms with Gasteiger partial charge >= 0.3 is 0 Å². The molecule has 262 valence electrons. The van der Waals surface area contributed by atoms with E-state index in [4.69, 9.17) is 0 Å². The first-order valence-electron chi connectivity index (χ1n) is 19.3. The summed E-state index contributed by atoms with van der Waals surface area (Å²) in [7, 11) is 0. The molecule has 0 bridgehead atoms. The molecule has 0 saturated carbocycles. The van der Waals surface area contributed by atoms with Crippen LogP contribution in [0.4, 0.5) is 0 Å². The van der Waals surface area contributed by atoms with Crippen LogP contribution in [0.1, 0.15) is 0 Å². The van der Waals surface area contributed by atoms with Gasteiger partial charge in [0, 0.05) is 32.9 Å². The number of hydrogen-bond acceptors (Lipinski definition) is 0. The van der Waals surface area contributed by atoms with Crippen molar-refractivity contribution in [3.8, 4) is 55.9 Å². The zero-order valence-electron chi connectivity index (χ0n) is 30.7. The van der Waals surface area contributed by atoms with Gasteiger partial charge < -0.3 is 9.13 Å². The minimum absolute atomic E-state index is 1.15. The van der Waals surface area contributed by atoms with Crippen molar-refractivity contribution in [1.29, 1.82) is 0 Å². The second-order valence-corrected chi connectivity index (χ2v) is 14.6. The standard InChI is InChI=1S/C54H36N2/c1-4-14-37(15-5-1)40-20-12-22-45(32-40)55-51-25-11-10-24-47(51)49-35-43(28-31-52(49)55)44-26-29-48-50-34-42(39-18-8-3-9-19-39)27-30-53(50)56(54(48)36-44)46-23-13-21-41(33-46)38-16-6-2-7-17-38/h1-36H. The van der Waals surface area contributed by atoms with Gasteiger partial charge in [-0.2, -0.15) is 0 Å². The van der Waals surface area contributed by atoms with Crippen LogP contribution in [0.25, 0.3) is 99.5 Å². The number of fused-ring (bicyclic) bond motifs is 6. The van der Waals surface area contributed by atoms with E-state index in [1.807, 2.05) is 0 Å². The maximum atomic E-state index is 2.44.